The van der Waals surface area contributed by atoms with Crippen molar-refractivity contribution < 1.29 is 27.1 Å². The monoisotopic (exact) mass is 521 g/mol. The van der Waals surface area contributed by atoms with Crippen LogP contribution in [0.2, 0.25) is 0 Å². The highest BCUT2D eigenvalue weighted by atomic mass is 32.2. The summed E-state index contributed by atoms with van der Waals surface area (Å²) in [4.78, 5) is 27.4. The van der Waals surface area contributed by atoms with Crippen LogP contribution in [0.5, 0.6) is 5.75 Å². The number of benzene rings is 2. The van der Waals surface area contributed by atoms with Gasteiger partial charge in [-0.1, -0.05) is 37.3 Å². The average molecular weight is 522 g/mol. The predicted octanol–water partition coefficient (Wildman–Crippen LogP) is 3.71. The van der Waals surface area contributed by atoms with Gasteiger partial charge in [-0.15, -0.1) is 0 Å². The van der Waals surface area contributed by atoms with Gasteiger partial charge in [-0.3, -0.25) is 13.9 Å². The number of nitrogens with zero attached hydrogens (tertiary/aromatic N) is 2. The molecule has 0 aliphatic carbocycles. The van der Waals surface area contributed by atoms with E-state index in [0.29, 0.717) is 17.0 Å². The van der Waals surface area contributed by atoms with Gasteiger partial charge in [0, 0.05) is 31.1 Å². The molecule has 0 saturated carbocycles. The first-order chi connectivity index (χ1) is 17.0. The molecule has 0 heterocycles. The summed E-state index contributed by atoms with van der Waals surface area (Å²) in [6, 6.07) is 11.9. The van der Waals surface area contributed by atoms with Gasteiger partial charge in [0.05, 0.1) is 19.1 Å². The second kappa shape index (κ2) is 13.2. The number of para-hydroxylation sites is 2. The van der Waals surface area contributed by atoms with Crippen LogP contribution in [0.25, 0.3) is 0 Å². The minimum atomic E-state index is -3.65. The number of nitrogens with one attached hydrogen (secondary N) is 1. The summed E-state index contributed by atoms with van der Waals surface area (Å²) < 4.78 is 45.9. The molecule has 0 aromatic heterocycles. The minimum Gasteiger partial charge on any atom is -0.495 e. The molecule has 2 rings (SSSR count). The summed E-state index contributed by atoms with van der Waals surface area (Å²) in [6.45, 7) is 5.36. The van der Waals surface area contributed by atoms with Crippen LogP contribution in [-0.2, 0) is 26.2 Å². The molecule has 0 fully saturated rings. The van der Waals surface area contributed by atoms with Crippen molar-refractivity contribution in [2.24, 2.45) is 0 Å². The molecular formula is C26H36FN3O5S. The lowest BCUT2D eigenvalue weighted by Gasteiger charge is -2.30. The van der Waals surface area contributed by atoms with Gasteiger partial charge >= 0.3 is 0 Å². The highest BCUT2D eigenvalue weighted by molar-refractivity contribution is 7.92. The van der Waals surface area contributed by atoms with E-state index in [-0.39, 0.29) is 43.8 Å². The number of ether oxygens (including phenoxy) is 1. The molecular weight excluding hydrogens is 485 g/mol. The Morgan fingerprint density at radius 1 is 1.08 bits per heavy atom. The van der Waals surface area contributed by atoms with Gasteiger partial charge in [-0.25, -0.2) is 12.8 Å². The molecule has 0 spiro atoms. The lowest BCUT2D eigenvalue weighted by molar-refractivity contribution is -0.141. The summed E-state index contributed by atoms with van der Waals surface area (Å²) in [5.41, 5.74) is 0.667. The Hall–Kier alpha value is -3.14. The van der Waals surface area contributed by atoms with E-state index in [1.54, 1.807) is 49.4 Å². The number of hydrogen-bond donors (Lipinski definition) is 1. The van der Waals surface area contributed by atoms with Crippen LogP contribution in [0, 0.1) is 5.82 Å². The van der Waals surface area contributed by atoms with Crippen molar-refractivity contribution in [3.63, 3.8) is 0 Å². The zero-order chi connectivity index (χ0) is 26.9. The van der Waals surface area contributed by atoms with Gasteiger partial charge in [0.15, 0.2) is 0 Å². The molecule has 0 saturated heterocycles. The number of amides is 2. The van der Waals surface area contributed by atoms with Crippen molar-refractivity contribution >= 4 is 27.5 Å². The lowest BCUT2D eigenvalue weighted by atomic mass is 10.1. The second-order valence-electron chi connectivity index (χ2n) is 8.72. The highest BCUT2D eigenvalue weighted by Gasteiger charge is 2.28. The lowest BCUT2D eigenvalue weighted by Crippen LogP contribution is -2.49. The SMILES string of the molecule is CC[C@@H](C)NC(=O)[C@H](C)N(Cc1ccccc1F)C(=O)CCCN(c1ccccc1OC)S(C)(=O)=O. The van der Waals surface area contributed by atoms with Crippen molar-refractivity contribution in [3.8, 4) is 5.75 Å². The van der Waals surface area contributed by atoms with E-state index >= 15 is 0 Å². The fourth-order valence-electron chi connectivity index (χ4n) is 3.68. The Kier molecular flexibility index (Phi) is 10.7. The number of halogens is 1. The molecule has 0 radical (unpaired) electrons. The number of hydrogen-bond acceptors (Lipinski definition) is 5. The molecule has 0 aliphatic rings. The van der Waals surface area contributed by atoms with Gasteiger partial charge in [-0.2, -0.15) is 0 Å². The number of anilines is 1. The Morgan fingerprint density at radius 2 is 1.72 bits per heavy atom. The molecule has 0 bridgehead atoms. The molecule has 2 atom stereocenters. The summed E-state index contributed by atoms with van der Waals surface area (Å²) in [5.74, 6) is -0.783. The molecule has 36 heavy (non-hydrogen) atoms. The van der Waals surface area contributed by atoms with Gasteiger partial charge in [0.25, 0.3) is 0 Å². The Bertz CT molecular complexity index is 1140. The minimum absolute atomic E-state index is 0.0312. The maximum Gasteiger partial charge on any atom is 0.242 e. The van der Waals surface area contributed by atoms with Crippen LogP contribution in [0.15, 0.2) is 48.5 Å². The van der Waals surface area contributed by atoms with Gasteiger partial charge in [-0.05, 0) is 44.9 Å². The van der Waals surface area contributed by atoms with Gasteiger partial charge in [0.2, 0.25) is 21.8 Å². The molecule has 198 valence electrons. The first-order valence-corrected chi connectivity index (χ1v) is 13.8. The Labute approximate surface area is 213 Å². The van der Waals surface area contributed by atoms with E-state index in [1.165, 1.54) is 22.4 Å². The summed E-state index contributed by atoms with van der Waals surface area (Å²) >= 11 is 0. The fraction of sp³-hybridized carbons (Fsp3) is 0.462. The second-order valence-corrected chi connectivity index (χ2v) is 10.6. The first kappa shape index (κ1) is 29.1. The number of methoxy groups -OCH3 is 1. The third kappa shape index (κ3) is 7.94. The van der Waals surface area contributed by atoms with Crippen LogP contribution in [0.3, 0.4) is 0 Å². The van der Waals surface area contributed by atoms with Crippen molar-refractivity contribution in [1.29, 1.82) is 0 Å². The summed E-state index contributed by atoms with van der Waals surface area (Å²) in [6.07, 6.45) is 1.98. The molecule has 2 aromatic rings. The highest BCUT2D eigenvalue weighted by Crippen LogP contribution is 2.29. The molecule has 2 amide bonds. The topological polar surface area (TPSA) is 96.0 Å². The maximum atomic E-state index is 14.4. The zero-order valence-electron chi connectivity index (χ0n) is 21.5. The van der Waals surface area contributed by atoms with Crippen molar-refractivity contribution in [2.45, 2.75) is 58.7 Å². The van der Waals surface area contributed by atoms with E-state index in [1.807, 2.05) is 13.8 Å². The smallest absolute Gasteiger partial charge is 0.242 e. The van der Waals surface area contributed by atoms with Crippen molar-refractivity contribution in [1.82, 2.24) is 10.2 Å². The molecule has 8 nitrogen and oxygen atoms in total. The average Bonchev–Trinajstić information content (AvgIpc) is 2.84. The van der Waals surface area contributed by atoms with E-state index in [2.05, 4.69) is 5.32 Å². The van der Waals surface area contributed by atoms with Crippen LogP contribution in [0.1, 0.15) is 45.6 Å². The normalized spacial score (nSPS) is 12.9. The number of sulfonamides is 1. The molecule has 2 aromatic carbocycles. The molecule has 0 unspecified atom stereocenters. The van der Waals surface area contributed by atoms with E-state index < -0.39 is 21.9 Å². The summed E-state index contributed by atoms with van der Waals surface area (Å²) in [5, 5.41) is 2.87. The third-order valence-electron chi connectivity index (χ3n) is 5.97. The van der Waals surface area contributed by atoms with Crippen LogP contribution >= 0.6 is 0 Å². The third-order valence-corrected chi connectivity index (χ3v) is 7.15. The Balaban J connectivity index is 2.21. The fourth-order valence-corrected chi connectivity index (χ4v) is 4.65. The van der Waals surface area contributed by atoms with Gasteiger partial charge < -0.3 is 15.0 Å². The van der Waals surface area contributed by atoms with Gasteiger partial charge in [0.1, 0.15) is 17.6 Å². The largest absolute Gasteiger partial charge is 0.495 e. The van der Waals surface area contributed by atoms with Crippen LogP contribution < -0.4 is 14.4 Å². The Morgan fingerprint density at radius 3 is 2.33 bits per heavy atom. The standard InChI is InChI=1S/C26H36FN3O5S/c1-6-19(2)28-26(32)20(3)29(18-21-12-7-8-13-22(21)27)25(31)16-11-17-30(36(5,33)34)23-14-9-10-15-24(23)35-4/h7-10,12-15,19-20H,6,11,16-18H2,1-5H3,(H,28,32)/t19-,20+/m1/s1. The number of carbonyl (C=O) groups is 2. The van der Waals surface area contributed by atoms with Crippen molar-refractivity contribution in [2.75, 3.05) is 24.2 Å². The quantitative estimate of drug-likeness (QED) is 0.434. The van der Waals surface area contributed by atoms with E-state index in [9.17, 15) is 22.4 Å². The van der Waals surface area contributed by atoms with Crippen molar-refractivity contribution in [3.05, 3.63) is 59.9 Å². The van der Waals surface area contributed by atoms with Crippen LogP contribution in [-0.4, -0.2) is 57.1 Å². The van der Waals surface area contributed by atoms with Crippen LogP contribution in [0.4, 0.5) is 10.1 Å². The molecule has 10 heteroatoms. The molecule has 0 aliphatic heterocycles. The van der Waals surface area contributed by atoms with E-state index in [0.717, 1.165) is 12.7 Å². The van der Waals surface area contributed by atoms with E-state index in [4.69, 9.17) is 4.74 Å². The number of carbonyl (C=O) groups excluding carboxylic acids is 2. The number of rotatable bonds is 13. The first-order valence-electron chi connectivity index (χ1n) is 11.9. The zero-order valence-corrected chi connectivity index (χ0v) is 22.3. The predicted molar refractivity (Wildman–Crippen MR) is 139 cm³/mol. The molecule has 1 N–H and O–H groups in total. The summed E-state index contributed by atoms with van der Waals surface area (Å²) in [7, 11) is -2.20. The maximum absolute atomic E-state index is 14.4.